The molecule has 0 aliphatic rings. The van der Waals surface area contributed by atoms with Crippen LogP contribution in [0.4, 0.5) is 0 Å². The normalized spacial score (nSPS) is 12.3. The lowest BCUT2D eigenvalue weighted by molar-refractivity contribution is 0.160. The number of hydrogen-bond donors (Lipinski definition) is 0. The molecule has 0 saturated carbocycles. The van der Waals surface area contributed by atoms with Crippen molar-refractivity contribution >= 4 is 22.5 Å². The van der Waals surface area contributed by atoms with Gasteiger partial charge in [0.15, 0.2) is 0 Å². The molecule has 162 valence electrons. The molecular formula is C25H34ClN3O. The molecule has 0 aliphatic carbocycles. The Morgan fingerprint density at radius 3 is 2.30 bits per heavy atom. The highest BCUT2D eigenvalue weighted by Crippen LogP contribution is 2.29. The lowest BCUT2D eigenvalue weighted by atomic mass is 9.92. The van der Waals surface area contributed by atoms with Gasteiger partial charge in [0.05, 0.1) is 5.69 Å². The van der Waals surface area contributed by atoms with Gasteiger partial charge in [-0.3, -0.25) is 0 Å². The smallest absolute Gasteiger partial charge is 0.129 e. The molecule has 0 saturated heterocycles. The molecule has 0 spiro atoms. The summed E-state index contributed by atoms with van der Waals surface area (Å²) in [6.45, 7) is 8.15. The number of aryl methyl sites for hydroxylation is 1. The van der Waals surface area contributed by atoms with Gasteiger partial charge in [0.25, 0.3) is 0 Å². The Morgan fingerprint density at radius 1 is 0.967 bits per heavy atom. The number of nitrogens with zero attached hydrogens (tertiary/aromatic N) is 3. The summed E-state index contributed by atoms with van der Waals surface area (Å²) in [6, 6.07) is 16.2. The van der Waals surface area contributed by atoms with E-state index < -0.39 is 0 Å². The number of halogens is 1. The van der Waals surface area contributed by atoms with Crippen molar-refractivity contribution in [1.82, 2.24) is 14.4 Å². The number of fused-ring (bicyclic) bond motifs is 1. The van der Waals surface area contributed by atoms with E-state index in [9.17, 15) is 0 Å². The van der Waals surface area contributed by atoms with Gasteiger partial charge in [-0.05, 0) is 62.5 Å². The number of rotatable bonds is 9. The first-order chi connectivity index (χ1) is 14.2. The van der Waals surface area contributed by atoms with Crippen LogP contribution in [0.3, 0.4) is 0 Å². The van der Waals surface area contributed by atoms with Crippen LogP contribution in [0.1, 0.15) is 25.1 Å². The average Bonchev–Trinajstić information content (AvgIpc) is 2.91. The van der Waals surface area contributed by atoms with E-state index in [-0.39, 0.29) is 5.41 Å². The summed E-state index contributed by atoms with van der Waals surface area (Å²) in [6.07, 6.45) is 0. The first kappa shape index (κ1) is 22.7. The standard InChI is InChI=1S/C25H34ClN3O/c1-25(2,17-27(3)4)18-28(5)15-22-21-9-7-8-10-23(21)29(6)24(22)16-30-20-13-11-19(26)12-14-20/h7-14H,15-18H2,1-6H3. The molecule has 3 aromatic rings. The van der Waals surface area contributed by atoms with E-state index in [1.165, 1.54) is 22.2 Å². The van der Waals surface area contributed by atoms with Crippen molar-refractivity contribution in [2.75, 3.05) is 34.2 Å². The minimum absolute atomic E-state index is 0.211. The van der Waals surface area contributed by atoms with Gasteiger partial charge < -0.3 is 19.1 Å². The lowest BCUT2D eigenvalue weighted by Crippen LogP contribution is -2.38. The van der Waals surface area contributed by atoms with Crippen molar-refractivity contribution < 1.29 is 4.74 Å². The molecule has 2 aromatic carbocycles. The van der Waals surface area contributed by atoms with E-state index in [0.29, 0.717) is 6.61 Å². The Bertz CT molecular complexity index is 976. The van der Waals surface area contributed by atoms with Crippen molar-refractivity contribution in [3.8, 4) is 5.75 Å². The Balaban J connectivity index is 1.85. The fourth-order valence-corrected chi connectivity index (χ4v) is 4.66. The predicted octanol–water partition coefficient (Wildman–Crippen LogP) is 5.43. The molecule has 5 heteroatoms. The maximum Gasteiger partial charge on any atom is 0.129 e. The summed E-state index contributed by atoms with van der Waals surface area (Å²) >= 11 is 6.01. The van der Waals surface area contributed by atoms with E-state index in [0.717, 1.165) is 30.4 Å². The second-order valence-corrected chi connectivity index (χ2v) is 9.75. The highest BCUT2D eigenvalue weighted by atomic mass is 35.5. The molecule has 3 rings (SSSR count). The van der Waals surface area contributed by atoms with Crippen molar-refractivity contribution in [3.63, 3.8) is 0 Å². The zero-order chi connectivity index (χ0) is 21.9. The molecule has 4 nitrogen and oxygen atoms in total. The van der Waals surface area contributed by atoms with Gasteiger partial charge in [0, 0.05) is 42.6 Å². The minimum Gasteiger partial charge on any atom is -0.487 e. The fraction of sp³-hybridized carbons (Fsp3) is 0.440. The van der Waals surface area contributed by atoms with Crippen LogP contribution in [0.15, 0.2) is 48.5 Å². The van der Waals surface area contributed by atoms with Crippen LogP contribution in [-0.4, -0.2) is 48.6 Å². The van der Waals surface area contributed by atoms with Crippen molar-refractivity contribution in [1.29, 1.82) is 0 Å². The van der Waals surface area contributed by atoms with Crippen LogP contribution in [0.2, 0.25) is 5.02 Å². The molecule has 30 heavy (non-hydrogen) atoms. The molecule has 0 bridgehead atoms. The van der Waals surface area contributed by atoms with E-state index in [2.05, 4.69) is 80.7 Å². The van der Waals surface area contributed by atoms with E-state index >= 15 is 0 Å². The Morgan fingerprint density at radius 2 is 1.63 bits per heavy atom. The zero-order valence-electron chi connectivity index (χ0n) is 19.1. The van der Waals surface area contributed by atoms with Crippen molar-refractivity contribution in [3.05, 3.63) is 64.8 Å². The summed E-state index contributed by atoms with van der Waals surface area (Å²) in [5, 5.41) is 2.02. The average molecular weight is 428 g/mol. The molecule has 0 radical (unpaired) electrons. The highest BCUT2D eigenvalue weighted by molar-refractivity contribution is 6.30. The highest BCUT2D eigenvalue weighted by Gasteiger charge is 2.23. The van der Waals surface area contributed by atoms with Gasteiger partial charge in [-0.2, -0.15) is 0 Å². The van der Waals surface area contributed by atoms with Crippen LogP contribution < -0.4 is 4.74 Å². The Kier molecular flexibility index (Phi) is 7.12. The van der Waals surface area contributed by atoms with Gasteiger partial charge in [-0.1, -0.05) is 43.6 Å². The summed E-state index contributed by atoms with van der Waals surface area (Å²) < 4.78 is 8.39. The molecule has 0 fully saturated rings. The largest absolute Gasteiger partial charge is 0.487 e. The third-order valence-corrected chi connectivity index (χ3v) is 5.66. The van der Waals surface area contributed by atoms with Gasteiger partial charge in [-0.15, -0.1) is 0 Å². The second-order valence-electron chi connectivity index (χ2n) is 9.32. The molecule has 1 heterocycles. The summed E-state index contributed by atoms with van der Waals surface area (Å²) in [5.41, 5.74) is 4.00. The van der Waals surface area contributed by atoms with E-state index in [4.69, 9.17) is 16.3 Å². The second kappa shape index (κ2) is 9.42. The third kappa shape index (κ3) is 5.57. The number of aromatic nitrogens is 1. The van der Waals surface area contributed by atoms with Gasteiger partial charge >= 0.3 is 0 Å². The summed E-state index contributed by atoms with van der Waals surface area (Å²) in [5.74, 6) is 0.830. The predicted molar refractivity (Wildman–Crippen MR) is 127 cm³/mol. The molecule has 0 amide bonds. The molecule has 0 aliphatic heterocycles. The van der Waals surface area contributed by atoms with Gasteiger partial charge in [0.2, 0.25) is 0 Å². The maximum absolute atomic E-state index is 6.13. The van der Waals surface area contributed by atoms with E-state index in [1.807, 2.05) is 24.3 Å². The summed E-state index contributed by atoms with van der Waals surface area (Å²) in [7, 11) is 8.61. The van der Waals surface area contributed by atoms with Crippen LogP contribution in [0.25, 0.3) is 10.9 Å². The van der Waals surface area contributed by atoms with Crippen molar-refractivity contribution in [2.24, 2.45) is 12.5 Å². The molecule has 0 N–H and O–H groups in total. The van der Waals surface area contributed by atoms with Gasteiger partial charge in [0.1, 0.15) is 12.4 Å². The monoisotopic (exact) mass is 427 g/mol. The number of ether oxygens (including phenoxy) is 1. The summed E-state index contributed by atoms with van der Waals surface area (Å²) in [4.78, 5) is 4.69. The van der Waals surface area contributed by atoms with Crippen LogP contribution >= 0.6 is 11.6 Å². The SMILES string of the molecule is CN(C)CC(C)(C)CN(C)Cc1c(COc2ccc(Cl)cc2)n(C)c2ccccc12. The first-order valence-electron chi connectivity index (χ1n) is 10.4. The molecular weight excluding hydrogens is 394 g/mol. The fourth-order valence-electron chi connectivity index (χ4n) is 4.53. The van der Waals surface area contributed by atoms with Gasteiger partial charge in [-0.25, -0.2) is 0 Å². The number of para-hydroxylation sites is 1. The zero-order valence-corrected chi connectivity index (χ0v) is 19.8. The maximum atomic E-state index is 6.13. The molecule has 0 atom stereocenters. The Labute approximate surface area is 186 Å². The Hall–Kier alpha value is -2.01. The molecule has 0 unspecified atom stereocenters. The minimum atomic E-state index is 0.211. The first-order valence-corrected chi connectivity index (χ1v) is 10.8. The molecule has 1 aromatic heterocycles. The number of benzene rings is 2. The van der Waals surface area contributed by atoms with Crippen LogP contribution in [0.5, 0.6) is 5.75 Å². The number of hydrogen-bond acceptors (Lipinski definition) is 3. The quantitative estimate of drug-likeness (QED) is 0.454. The third-order valence-electron chi connectivity index (χ3n) is 5.40. The van der Waals surface area contributed by atoms with Crippen LogP contribution in [0, 0.1) is 5.41 Å². The van der Waals surface area contributed by atoms with E-state index in [1.54, 1.807) is 0 Å². The topological polar surface area (TPSA) is 20.6 Å². The lowest BCUT2D eigenvalue weighted by Gasteiger charge is -2.33. The van der Waals surface area contributed by atoms with Crippen LogP contribution in [-0.2, 0) is 20.2 Å². The van der Waals surface area contributed by atoms with Crippen molar-refractivity contribution in [2.45, 2.75) is 27.0 Å².